The predicted molar refractivity (Wildman–Crippen MR) is 123 cm³/mol. The van der Waals surface area contributed by atoms with E-state index in [0.717, 1.165) is 32.1 Å². The molecule has 34 heavy (non-hydrogen) atoms. The van der Waals surface area contributed by atoms with Crippen molar-refractivity contribution in [3.63, 3.8) is 0 Å². The number of aliphatic hydroxyl groups excluding tert-OH is 1. The van der Waals surface area contributed by atoms with Gasteiger partial charge in [0.05, 0.1) is 29.8 Å². The topological polar surface area (TPSA) is 100 Å². The summed E-state index contributed by atoms with van der Waals surface area (Å²) in [6, 6.07) is 4.00. The summed E-state index contributed by atoms with van der Waals surface area (Å²) in [5, 5.41) is 13.2. The molecule has 2 aromatic heterocycles. The number of amides is 1. The van der Waals surface area contributed by atoms with Crippen molar-refractivity contribution in [3.8, 4) is 17.0 Å². The lowest BCUT2D eigenvalue weighted by Gasteiger charge is -2.28. The van der Waals surface area contributed by atoms with Crippen LogP contribution in [-0.2, 0) is 0 Å². The Morgan fingerprint density at radius 2 is 2.03 bits per heavy atom. The molecule has 7 nitrogen and oxygen atoms in total. The van der Waals surface area contributed by atoms with Crippen LogP contribution in [-0.4, -0.2) is 44.7 Å². The highest BCUT2D eigenvalue weighted by Gasteiger charge is 2.28. The number of ether oxygens (including phenoxy) is 1. The highest BCUT2D eigenvalue weighted by molar-refractivity contribution is 6.09. The van der Waals surface area contributed by atoms with Crippen molar-refractivity contribution in [1.82, 2.24) is 20.3 Å². The van der Waals surface area contributed by atoms with Crippen LogP contribution in [0.4, 0.5) is 8.78 Å². The number of aromatic nitrogens is 3. The van der Waals surface area contributed by atoms with E-state index < -0.39 is 12.5 Å². The minimum absolute atomic E-state index is 0.131. The number of benzene rings is 1. The fourth-order valence-electron chi connectivity index (χ4n) is 4.61. The normalized spacial score (nSPS) is 20.6. The minimum Gasteiger partial charge on any atom is -0.493 e. The molecule has 0 aliphatic heterocycles. The number of aryl methyl sites for hydroxylation is 1. The van der Waals surface area contributed by atoms with Crippen LogP contribution in [0.1, 0.15) is 66.6 Å². The third-order valence-corrected chi connectivity index (χ3v) is 6.73. The standard InChI is InChI=1S/C25H28F2N4O3/c1-13-20(25(33)31-17-4-2-3-5-18(17)32)22-23(30-13)21(28-12-29-22)16-10-15(24(26)27)8-9-19(16)34-11-14-6-7-14/h8-10,12,14,17-18,24,30,32H,2-7,11H2,1H3,(H,31,33)/t17-,18+/m1/s1. The molecule has 0 unspecified atom stereocenters. The molecule has 0 spiro atoms. The van der Waals surface area contributed by atoms with Gasteiger partial charge in [-0.3, -0.25) is 4.79 Å². The van der Waals surface area contributed by atoms with Gasteiger partial charge >= 0.3 is 0 Å². The summed E-state index contributed by atoms with van der Waals surface area (Å²) >= 11 is 0. The molecule has 3 N–H and O–H groups in total. The van der Waals surface area contributed by atoms with Crippen molar-refractivity contribution in [2.24, 2.45) is 5.92 Å². The van der Waals surface area contributed by atoms with Gasteiger partial charge in [-0.1, -0.05) is 12.8 Å². The fraction of sp³-hybridized carbons (Fsp3) is 0.480. The summed E-state index contributed by atoms with van der Waals surface area (Å²) < 4.78 is 33.0. The fourth-order valence-corrected chi connectivity index (χ4v) is 4.61. The van der Waals surface area contributed by atoms with Crippen LogP contribution < -0.4 is 10.1 Å². The van der Waals surface area contributed by atoms with E-state index >= 15 is 0 Å². The van der Waals surface area contributed by atoms with Gasteiger partial charge in [-0.2, -0.15) is 0 Å². The van der Waals surface area contributed by atoms with Gasteiger partial charge in [-0.05, 0) is 56.7 Å². The largest absolute Gasteiger partial charge is 0.493 e. The number of H-pyrrole nitrogens is 1. The lowest BCUT2D eigenvalue weighted by Crippen LogP contribution is -2.45. The Balaban J connectivity index is 1.54. The molecule has 2 atom stereocenters. The molecule has 1 amide bonds. The number of carbonyl (C=O) groups is 1. The number of hydrogen-bond donors (Lipinski definition) is 3. The summed E-state index contributed by atoms with van der Waals surface area (Å²) in [7, 11) is 0. The molecule has 0 bridgehead atoms. The van der Waals surface area contributed by atoms with E-state index in [0.29, 0.717) is 58.2 Å². The third kappa shape index (κ3) is 4.49. The molecule has 2 aliphatic rings. The van der Waals surface area contributed by atoms with Crippen molar-refractivity contribution in [2.75, 3.05) is 6.61 Å². The Labute approximate surface area is 196 Å². The first-order valence-corrected chi connectivity index (χ1v) is 11.8. The lowest BCUT2D eigenvalue weighted by molar-refractivity contribution is 0.0718. The molecular formula is C25H28F2N4O3. The number of nitrogens with zero attached hydrogens (tertiary/aromatic N) is 2. The molecule has 180 valence electrons. The van der Waals surface area contributed by atoms with Gasteiger partial charge in [0, 0.05) is 16.8 Å². The number of hydrogen-bond acceptors (Lipinski definition) is 5. The maximum Gasteiger partial charge on any atom is 0.263 e. The Kier molecular flexibility index (Phi) is 6.20. The van der Waals surface area contributed by atoms with Crippen molar-refractivity contribution in [2.45, 2.75) is 64.0 Å². The molecule has 3 aromatic rings. The number of aliphatic hydroxyl groups is 1. The van der Waals surface area contributed by atoms with Crippen LogP contribution in [0.15, 0.2) is 24.5 Å². The number of nitrogens with one attached hydrogen (secondary N) is 2. The van der Waals surface area contributed by atoms with Gasteiger partial charge in [0.2, 0.25) is 0 Å². The van der Waals surface area contributed by atoms with Crippen LogP contribution >= 0.6 is 0 Å². The van der Waals surface area contributed by atoms with Crippen LogP contribution in [0.3, 0.4) is 0 Å². The van der Waals surface area contributed by atoms with Gasteiger partial charge in [0.25, 0.3) is 12.3 Å². The summed E-state index contributed by atoms with van der Waals surface area (Å²) in [6.07, 6.45) is 3.60. The Bertz CT molecular complexity index is 1210. The molecule has 2 fully saturated rings. The first-order chi connectivity index (χ1) is 16.4. The summed E-state index contributed by atoms with van der Waals surface area (Å²) in [4.78, 5) is 25.1. The zero-order valence-corrected chi connectivity index (χ0v) is 19.0. The van der Waals surface area contributed by atoms with E-state index in [1.165, 1.54) is 18.5 Å². The SMILES string of the molecule is Cc1[nH]c2c(-c3cc(C(F)F)ccc3OCC3CC3)ncnc2c1C(=O)N[C@@H]1CCCC[C@@H]1O. The van der Waals surface area contributed by atoms with Gasteiger partial charge < -0.3 is 20.1 Å². The lowest BCUT2D eigenvalue weighted by atomic mass is 9.92. The average Bonchev–Trinajstić information content (AvgIpc) is 3.58. The van der Waals surface area contributed by atoms with E-state index in [2.05, 4.69) is 20.3 Å². The number of carbonyl (C=O) groups excluding carboxylic acids is 1. The van der Waals surface area contributed by atoms with Gasteiger partial charge in [0.1, 0.15) is 23.3 Å². The maximum absolute atomic E-state index is 13.5. The molecule has 2 saturated carbocycles. The highest BCUT2D eigenvalue weighted by Crippen LogP contribution is 2.38. The smallest absolute Gasteiger partial charge is 0.263 e. The van der Waals surface area contributed by atoms with Crippen LogP contribution in [0, 0.1) is 12.8 Å². The Hall–Kier alpha value is -3.07. The van der Waals surface area contributed by atoms with E-state index in [1.54, 1.807) is 13.0 Å². The van der Waals surface area contributed by atoms with Crippen LogP contribution in [0.5, 0.6) is 5.75 Å². The molecule has 1 aromatic carbocycles. The predicted octanol–water partition coefficient (Wildman–Crippen LogP) is 4.69. The molecule has 5 rings (SSSR count). The molecule has 2 heterocycles. The Morgan fingerprint density at radius 1 is 1.24 bits per heavy atom. The molecule has 9 heteroatoms. The number of aromatic amines is 1. The molecule has 2 aliphatic carbocycles. The second-order valence-electron chi connectivity index (χ2n) is 9.31. The average molecular weight is 471 g/mol. The minimum atomic E-state index is -2.64. The maximum atomic E-state index is 13.5. The second kappa shape index (κ2) is 9.29. The zero-order valence-electron chi connectivity index (χ0n) is 19.0. The van der Waals surface area contributed by atoms with Crippen molar-refractivity contribution in [1.29, 1.82) is 0 Å². The Morgan fingerprint density at radius 3 is 2.76 bits per heavy atom. The second-order valence-corrected chi connectivity index (χ2v) is 9.31. The third-order valence-electron chi connectivity index (χ3n) is 6.73. The van der Waals surface area contributed by atoms with Crippen molar-refractivity contribution >= 4 is 16.9 Å². The van der Waals surface area contributed by atoms with Crippen LogP contribution in [0.25, 0.3) is 22.3 Å². The number of alkyl halides is 2. The van der Waals surface area contributed by atoms with E-state index in [4.69, 9.17) is 4.74 Å². The number of fused-ring (bicyclic) bond motifs is 1. The van der Waals surface area contributed by atoms with E-state index in [9.17, 15) is 18.7 Å². The van der Waals surface area contributed by atoms with Gasteiger partial charge in [0.15, 0.2) is 0 Å². The van der Waals surface area contributed by atoms with Crippen molar-refractivity contribution < 1.29 is 23.4 Å². The number of halogens is 2. The highest BCUT2D eigenvalue weighted by atomic mass is 19.3. The molecular weight excluding hydrogens is 442 g/mol. The summed E-state index contributed by atoms with van der Waals surface area (Å²) in [5.41, 5.74) is 2.54. The zero-order chi connectivity index (χ0) is 23.8. The first-order valence-electron chi connectivity index (χ1n) is 11.8. The monoisotopic (exact) mass is 470 g/mol. The van der Waals surface area contributed by atoms with E-state index in [-0.39, 0.29) is 17.5 Å². The van der Waals surface area contributed by atoms with Gasteiger partial charge in [-0.25, -0.2) is 18.7 Å². The summed E-state index contributed by atoms with van der Waals surface area (Å²) in [5.74, 6) is 0.636. The first kappa shape index (κ1) is 22.7. The van der Waals surface area contributed by atoms with Gasteiger partial charge in [-0.15, -0.1) is 0 Å². The number of rotatable bonds is 7. The quantitative estimate of drug-likeness (QED) is 0.465. The molecule has 0 radical (unpaired) electrons. The molecule has 0 saturated heterocycles. The van der Waals surface area contributed by atoms with Crippen molar-refractivity contribution in [3.05, 3.63) is 41.3 Å². The van der Waals surface area contributed by atoms with Crippen LogP contribution in [0.2, 0.25) is 0 Å². The summed E-state index contributed by atoms with van der Waals surface area (Å²) in [6.45, 7) is 2.29. The van der Waals surface area contributed by atoms with E-state index in [1.807, 2.05) is 0 Å².